The summed E-state index contributed by atoms with van der Waals surface area (Å²) in [7, 11) is 0. The fraction of sp³-hybridized carbons (Fsp3) is 0.333. The molecule has 0 radical (unpaired) electrons. The molecular formula is C27H24ClN3O4. The Morgan fingerprint density at radius 2 is 1.74 bits per heavy atom. The van der Waals surface area contributed by atoms with Crippen LogP contribution < -0.4 is 9.64 Å². The number of ether oxygens (including phenoxy) is 1. The van der Waals surface area contributed by atoms with Crippen molar-refractivity contribution in [2.45, 2.75) is 44.6 Å². The third-order valence-corrected chi connectivity index (χ3v) is 7.28. The van der Waals surface area contributed by atoms with E-state index in [1.165, 1.54) is 4.90 Å². The predicted octanol–water partition coefficient (Wildman–Crippen LogP) is 4.52. The lowest BCUT2D eigenvalue weighted by molar-refractivity contribution is -0.138. The van der Waals surface area contributed by atoms with Gasteiger partial charge < -0.3 is 9.64 Å². The van der Waals surface area contributed by atoms with Crippen LogP contribution in [0.2, 0.25) is 5.02 Å². The number of carbonyl (C=O) groups excluding carboxylic acids is 3. The van der Waals surface area contributed by atoms with Crippen LogP contribution in [-0.2, 0) is 20.8 Å². The molecule has 1 aromatic heterocycles. The van der Waals surface area contributed by atoms with Crippen LogP contribution in [0, 0.1) is 0 Å². The number of fused-ring (bicyclic) bond motifs is 2. The first kappa shape index (κ1) is 22.0. The lowest BCUT2D eigenvalue weighted by Gasteiger charge is -2.28. The van der Waals surface area contributed by atoms with Gasteiger partial charge in [-0.2, -0.15) is 0 Å². The highest BCUT2D eigenvalue weighted by atomic mass is 35.5. The molecule has 2 saturated heterocycles. The van der Waals surface area contributed by atoms with Gasteiger partial charge in [-0.3, -0.25) is 24.3 Å². The van der Waals surface area contributed by atoms with Crippen molar-refractivity contribution in [1.82, 2.24) is 9.88 Å². The molecule has 6 rings (SSSR count). The number of nitrogens with zero attached hydrogens (tertiary/aromatic N) is 3. The summed E-state index contributed by atoms with van der Waals surface area (Å²) in [6.07, 6.45) is 5.31. The number of rotatable bonds is 3. The summed E-state index contributed by atoms with van der Waals surface area (Å²) in [5.74, 6) is 0.311. The quantitative estimate of drug-likeness (QED) is 0.505. The van der Waals surface area contributed by atoms with E-state index in [0.717, 1.165) is 54.4 Å². The van der Waals surface area contributed by atoms with Crippen molar-refractivity contribution < 1.29 is 19.1 Å². The van der Waals surface area contributed by atoms with E-state index in [9.17, 15) is 14.4 Å². The average molecular weight is 490 g/mol. The Labute approximate surface area is 207 Å². The van der Waals surface area contributed by atoms with Crippen molar-refractivity contribution in [1.29, 1.82) is 0 Å². The second-order valence-electron chi connectivity index (χ2n) is 9.32. The highest BCUT2D eigenvalue weighted by Gasteiger charge is 2.35. The van der Waals surface area contributed by atoms with Gasteiger partial charge in [0.15, 0.2) is 6.10 Å². The molecule has 0 saturated carbocycles. The first-order chi connectivity index (χ1) is 17.0. The zero-order valence-electron chi connectivity index (χ0n) is 19.1. The van der Waals surface area contributed by atoms with Crippen LogP contribution >= 0.6 is 11.6 Å². The van der Waals surface area contributed by atoms with Crippen LogP contribution in [0.5, 0.6) is 5.75 Å². The topological polar surface area (TPSA) is 79.8 Å². The maximum Gasteiger partial charge on any atom is 0.263 e. The number of benzene rings is 2. The smallest absolute Gasteiger partial charge is 0.263 e. The van der Waals surface area contributed by atoms with E-state index in [0.29, 0.717) is 28.4 Å². The normalized spacial score (nSPS) is 19.9. The van der Waals surface area contributed by atoms with Gasteiger partial charge in [0, 0.05) is 60.1 Å². The Kier molecular flexibility index (Phi) is 5.44. The van der Waals surface area contributed by atoms with Crippen molar-refractivity contribution in [2.24, 2.45) is 0 Å². The minimum absolute atomic E-state index is 0.0344. The Morgan fingerprint density at radius 1 is 0.971 bits per heavy atom. The molecule has 1 unspecified atom stereocenters. The van der Waals surface area contributed by atoms with Crippen molar-refractivity contribution in [2.75, 3.05) is 18.0 Å². The molecule has 2 fully saturated rings. The molecule has 0 aliphatic carbocycles. The molecule has 35 heavy (non-hydrogen) atoms. The van der Waals surface area contributed by atoms with Gasteiger partial charge in [-0.1, -0.05) is 17.7 Å². The zero-order chi connectivity index (χ0) is 24.1. The van der Waals surface area contributed by atoms with E-state index in [1.807, 2.05) is 29.2 Å². The lowest BCUT2D eigenvalue weighted by Crippen LogP contribution is -2.43. The van der Waals surface area contributed by atoms with Gasteiger partial charge in [0.2, 0.25) is 11.8 Å². The van der Waals surface area contributed by atoms with E-state index in [-0.39, 0.29) is 30.6 Å². The van der Waals surface area contributed by atoms with E-state index in [2.05, 4.69) is 4.98 Å². The second-order valence-corrected chi connectivity index (χ2v) is 9.76. The van der Waals surface area contributed by atoms with Gasteiger partial charge in [-0.05, 0) is 55.2 Å². The Morgan fingerprint density at radius 3 is 2.51 bits per heavy atom. The minimum Gasteiger partial charge on any atom is -0.479 e. The highest BCUT2D eigenvalue weighted by molar-refractivity contribution is 6.31. The van der Waals surface area contributed by atoms with E-state index in [1.54, 1.807) is 18.3 Å². The number of carbonyl (C=O) groups is 3. The number of hydrogen-bond donors (Lipinski definition) is 0. The fourth-order valence-corrected chi connectivity index (χ4v) is 5.60. The highest BCUT2D eigenvalue weighted by Crippen LogP contribution is 2.43. The maximum atomic E-state index is 13.1. The van der Waals surface area contributed by atoms with E-state index in [4.69, 9.17) is 16.3 Å². The monoisotopic (exact) mass is 489 g/mol. The number of hydrogen-bond acceptors (Lipinski definition) is 5. The summed E-state index contributed by atoms with van der Waals surface area (Å²) in [5, 5.41) is 1.41. The van der Waals surface area contributed by atoms with Gasteiger partial charge in [-0.15, -0.1) is 0 Å². The summed E-state index contributed by atoms with van der Waals surface area (Å²) in [6.45, 7) is 1.56. The molecule has 8 heteroatoms. The molecule has 0 spiro atoms. The van der Waals surface area contributed by atoms with E-state index < -0.39 is 6.10 Å². The van der Waals surface area contributed by atoms with Crippen LogP contribution in [0.15, 0.2) is 42.6 Å². The largest absolute Gasteiger partial charge is 0.479 e. The molecule has 0 bridgehead atoms. The number of halogens is 1. The van der Waals surface area contributed by atoms with E-state index >= 15 is 0 Å². The molecular weight excluding hydrogens is 466 g/mol. The third kappa shape index (κ3) is 3.84. The summed E-state index contributed by atoms with van der Waals surface area (Å²) < 4.78 is 6.28. The van der Waals surface area contributed by atoms with Crippen LogP contribution in [0.3, 0.4) is 0 Å². The molecule has 1 atom stereocenters. The van der Waals surface area contributed by atoms with Crippen molar-refractivity contribution >= 4 is 45.9 Å². The maximum absolute atomic E-state index is 13.1. The molecule has 3 aliphatic rings. The van der Waals surface area contributed by atoms with Crippen molar-refractivity contribution in [3.05, 3.63) is 53.2 Å². The summed E-state index contributed by atoms with van der Waals surface area (Å²) in [5.41, 5.74) is 3.76. The average Bonchev–Trinajstić information content (AvgIpc) is 3.45. The fourth-order valence-electron chi connectivity index (χ4n) is 5.36. The van der Waals surface area contributed by atoms with Gasteiger partial charge >= 0.3 is 0 Å². The number of amides is 3. The number of likely N-dealkylation sites (tertiary alicyclic amines) is 1. The number of aromatic nitrogens is 1. The Bertz CT molecular complexity index is 1370. The molecule has 0 N–H and O–H groups in total. The van der Waals surface area contributed by atoms with Gasteiger partial charge in [0.25, 0.3) is 5.91 Å². The molecule has 178 valence electrons. The predicted molar refractivity (Wildman–Crippen MR) is 132 cm³/mol. The summed E-state index contributed by atoms with van der Waals surface area (Å²) in [4.78, 5) is 45.1. The number of anilines is 1. The number of piperidine rings is 1. The molecule has 3 amide bonds. The zero-order valence-corrected chi connectivity index (χ0v) is 19.9. The van der Waals surface area contributed by atoms with Gasteiger partial charge in [0.1, 0.15) is 5.75 Å². The second kappa shape index (κ2) is 8.64. The first-order valence-corrected chi connectivity index (χ1v) is 12.4. The van der Waals surface area contributed by atoms with Crippen LogP contribution in [0.25, 0.3) is 22.0 Å². The van der Waals surface area contributed by atoms with Gasteiger partial charge in [0.05, 0.1) is 11.2 Å². The SMILES string of the molecule is O=C(C1Cc2cc(Cl)cc(-c3ccnc4cc(N5C(=O)CCC5=O)ccc34)c2O1)N1CCCCC1. The van der Waals surface area contributed by atoms with Gasteiger partial charge in [-0.25, -0.2) is 0 Å². The van der Waals surface area contributed by atoms with Crippen LogP contribution in [0.4, 0.5) is 5.69 Å². The molecule has 3 aliphatic heterocycles. The number of pyridine rings is 1. The molecule has 2 aromatic carbocycles. The standard InChI is InChI=1S/C27H24ClN3O4/c28-17-12-16-13-23(27(34)30-10-2-1-3-11-30)35-26(16)21(14-17)19-8-9-29-22-15-18(4-5-20(19)22)31-24(32)6-7-25(31)33/h4-5,8-9,12,14-15,23H,1-3,6-7,10-11,13H2. The molecule has 4 heterocycles. The Hall–Kier alpha value is -3.45. The van der Waals surface area contributed by atoms with Crippen molar-refractivity contribution in [3.63, 3.8) is 0 Å². The number of imide groups is 1. The molecule has 3 aromatic rings. The Balaban J connectivity index is 1.38. The minimum atomic E-state index is -0.549. The van der Waals surface area contributed by atoms with Crippen molar-refractivity contribution in [3.8, 4) is 16.9 Å². The summed E-state index contributed by atoms with van der Waals surface area (Å²) >= 11 is 6.50. The van der Waals surface area contributed by atoms with Crippen LogP contribution in [0.1, 0.15) is 37.7 Å². The lowest BCUT2D eigenvalue weighted by atomic mass is 9.97. The molecule has 7 nitrogen and oxygen atoms in total. The first-order valence-electron chi connectivity index (χ1n) is 12.0. The van der Waals surface area contributed by atoms with Crippen LogP contribution in [-0.4, -0.2) is 46.8 Å². The summed E-state index contributed by atoms with van der Waals surface area (Å²) in [6, 6.07) is 11.0. The third-order valence-electron chi connectivity index (χ3n) is 7.07.